The van der Waals surface area contributed by atoms with Crippen LogP contribution in [0.2, 0.25) is 5.15 Å². The Morgan fingerprint density at radius 1 is 1.18 bits per heavy atom. The van der Waals surface area contributed by atoms with Gasteiger partial charge < -0.3 is 10.1 Å². The van der Waals surface area contributed by atoms with E-state index in [0.29, 0.717) is 11.1 Å². The fraction of sp³-hybridized carbons (Fsp3) is 0.167. The highest BCUT2D eigenvalue weighted by Crippen LogP contribution is 2.32. The Kier molecular flexibility index (Phi) is 5.28. The van der Waals surface area contributed by atoms with Gasteiger partial charge in [0.1, 0.15) is 10.9 Å². The normalized spacial score (nSPS) is 12.6. The molecule has 0 aliphatic heterocycles. The minimum Gasteiger partial charge on any atom is -0.406 e. The van der Waals surface area contributed by atoms with Gasteiger partial charge in [0, 0.05) is 35.3 Å². The van der Waals surface area contributed by atoms with Crippen LogP contribution in [-0.4, -0.2) is 16.3 Å². The van der Waals surface area contributed by atoms with E-state index in [1.807, 2.05) is 6.92 Å². The maximum absolute atomic E-state index is 12.4. The maximum Gasteiger partial charge on any atom is 0.573 e. The molecule has 2 aromatic carbocycles. The molecule has 0 fully saturated rings. The quantitative estimate of drug-likeness (QED) is 0.323. The van der Waals surface area contributed by atoms with Crippen molar-refractivity contribution in [3.8, 4) is 5.75 Å². The first kappa shape index (κ1) is 19.7. The number of fused-ring (bicyclic) bond motifs is 1. The fourth-order valence-electron chi connectivity index (χ4n) is 2.69. The second kappa shape index (κ2) is 7.51. The molecular weight excluding hydrogens is 399 g/mol. The number of alkyl halides is 3. The molecule has 1 N–H and O–H groups in total. The summed E-state index contributed by atoms with van der Waals surface area (Å²) in [7, 11) is 0. The van der Waals surface area contributed by atoms with Crippen LogP contribution in [0.1, 0.15) is 18.5 Å². The summed E-state index contributed by atoms with van der Waals surface area (Å²) in [5.41, 5.74) is 1.54. The maximum atomic E-state index is 12.4. The van der Waals surface area contributed by atoms with Crippen molar-refractivity contribution in [1.29, 1.82) is 0 Å². The van der Waals surface area contributed by atoms with Gasteiger partial charge in [-0.05, 0) is 30.7 Å². The summed E-state index contributed by atoms with van der Waals surface area (Å²) < 4.78 is 41.2. The SMILES string of the molecule is CC(Nc1cc(Cl)nc2cc(OC(F)(F)F)ccc12)c1ccc([N+](=O)[O-])cc1. The van der Waals surface area contributed by atoms with Crippen LogP contribution in [0, 0.1) is 10.1 Å². The van der Waals surface area contributed by atoms with Crippen molar-refractivity contribution in [3.05, 3.63) is 69.4 Å². The average molecular weight is 412 g/mol. The van der Waals surface area contributed by atoms with Crippen molar-refractivity contribution in [2.75, 3.05) is 5.32 Å². The molecule has 146 valence electrons. The van der Waals surface area contributed by atoms with E-state index in [-0.39, 0.29) is 22.4 Å². The number of anilines is 1. The molecule has 1 aromatic heterocycles. The molecule has 10 heteroatoms. The van der Waals surface area contributed by atoms with Crippen LogP contribution >= 0.6 is 11.6 Å². The molecule has 1 atom stereocenters. The van der Waals surface area contributed by atoms with Crippen molar-refractivity contribution < 1.29 is 22.8 Å². The van der Waals surface area contributed by atoms with Gasteiger partial charge in [0.2, 0.25) is 0 Å². The number of ether oxygens (including phenoxy) is 1. The summed E-state index contributed by atoms with van der Waals surface area (Å²) >= 11 is 6.01. The Bertz CT molecular complexity index is 1030. The van der Waals surface area contributed by atoms with E-state index < -0.39 is 17.0 Å². The monoisotopic (exact) mass is 411 g/mol. The van der Waals surface area contributed by atoms with Gasteiger partial charge in [-0.15, -0.1) is 13.2 Å². The highest BCUT2D eigenvalue weighted by Gasteiger charge is 2.31. The van der Waals surface area contributed by atoms with Gasteiger partial charge in [-0.1, -0.05) is 23.7 Å². The number of benzene rings is 2. The van der Waals surface area contributed by atoms with Crippen molar-refractivity contribution in [2.24, 2.45) is 0 Å². The lowest BCUT2D eigenvalue weighted by molar-refractivity contribution is -0.384. The molecule has 3 aromatic rings. The number of pyridine rings is 1. The van der Waals surface area contributed by atoms with Crippen LogP contribution in [0.15, 0.2) is 48.5 Å². The third-order valence-corrected chi connectivity index (χ3v) is 4.15. The van der Waals surface area contributed by atoms with Crippen LogP contribution in [0.25, 0.3) is 10.9 Å². The lowest BCUT2D eigenvalue weighted by atomic mass is 10.1. The molecule has 3 rings (SSSR count). The van der Waals surface area contributed by atoms with Gasteiger partial charge in [-0.3, -0.25) is 10.1 Å². The fourth-order valence-corrected chi connectivity index (χ4v) is 2.89. The molecule has 0 radical (unpaired) electrons. The van der Waals surface area contributed by atoms with Crippen molar-refractivity contribution in [1.82, 2.24) is 4.98 Å². The lowest BCUT2D eigenvalue weighted by Gasteiger charge is -2.18. The first-order valence-corrected chi connectivity index (χ1v) is 8.37. The first-order chi connectivity index (χ1) is 13.1. The molecule has 0 amide bonds. The zero-order valence-electron chi connectivity index (χ0n) is 14.3. The van der Waals surface area contributed by atoms with E-state index in [0.717, 1.165) is 11.6 Å². The summed E-state index contributed by atoms with van der Waals surface area (Å²) in [6.07, 6.45) is -4.81. The van der Waals surface area contributed by atoms with E-state index in [1.54, 1.807) is 18.2 Å². The number of halogens is 4. The molecule has 0 aliphatic carbocycles. The summed E-state index contributed by atoms with van der Waals surface area (Å²) in [5.74, 6) is -0.399. The Hall–Kier alpha value is -3.07. The third kappa shape index (κ3) is 4.61. The van der Waals surface area contributed by atoms with E-state index >= 15 is 0 Å². The molecule has 6 nitrogen and oxygen atoms in total. The second-order valence-electron chi connectivity index (χ2n) is 5.93. The average Bonchev–Trinajstić information content (AvgIpc) is 2.59. The predicted octanol–water partition coefficient (Wildman–Crippen LogP) is 5.87. The van der Waals surface area contributed by atoms with Crippen LogP contribution in [0.4, 0.5) is 24.5 Å². The number of nitro benzene ring substituents is 1. The van der Waals surface area contributed by atoms with E-state index in [9.17, 15) is 23.3 Å². The number of nitrogens with one attached hydrogen (secondary N) is 1. The number of nitrogens with zero attached hydrogens (tertiary/aromatic N) is 2. The number of rotatable bonds is 5. The molecule has 0 spiro atoms. The lowest BCUT2D eigenvalue weighted by Crippen LogP contribution is -2.17. The van der Waals surface area contributed by atoms with Gasteiger partial charge in [0.05, 0.1) is 10.4 Å². The predicted molar refractivity (Wildman–Crippen MR) is 98.6 cm³/mol. The number of hydrogen-bond donors (Lipinski definition) is 1. The summed E-state index contributed by atoms with van der Waals surface area (Å²) in [4.78, 5) is 14.3. The zero-order valence-corrected chi connectivity index (χ0v) is 15.1. The smallest absolute Gasteiger partial charge is 0.406 e. The van der Waals surface area contributed by atoms with Crippen molar-refractivity contribution in [3.63, 3.8) is 0 Å². The van der Waals surface area contributed by atoms with E-state index in [1.165, 1.54) is 24.3 Å². The number of non-ortho nitro benzene ring substituents is 1. The number of hydrogen-bond acceptors (Lipinski definition) is 5. The minimum absolute atomic E-state index is 0.0226. The van der Waals surface area contributed by atoms with Crippen LogP contribution in [0.5, 0.6) is 5.75 Å². The topological polar surface area (TPSA) is 77.3 Å². The molecular formula is C18H13ClF3N3O3. The Labute approximate surface area is 162 Å². The van der Waals surface area contributed by atoms with Crippen LogP contribution in [0.3, 0.4) is 0 Å². The summed E-state index contributed by atoms with van der Waals surface area (Å²) in [6, 6.07) is 11.1. The molecule has 0 aliphatic rings. The van der Waals surface area contributed by atoms with Crippen molar-refractivity contribution in [2.45, 2.75) is 19.3 Å². The second-order valence-corrected chi connectivity index (χ2v) is 6.32. The Morgan fingerprint density at radius 3 is 2.46 bits per heavy atom. The van der Waals surface area contributed by atoms with Crippen LogP contribution < -0.4 is 10.1 Å². The molecule has 0 saturated heterocycles. The molecule has 0 bridgehead atoms. The van der Waals surface area contributed by atoms with Gasteiger partial charge in [-0.2, -0.15) is 0 Å². The largest absolute Gasteiger partial charge is 0.573 e. The van der Waals surface area contributed by atoms with Crippen molar-refractivity contribution >= 4 is 33.9 Å². The highest BCUT2D eigenvalue weighted by atomic mass is 35.5. The van der Waals surface area contributed by atoms with Gasteiger partial charge >= 0.3 is 6.36 Å². The molecule has 1 heterocycles. The standard InChI is InChI=1S/C18H13ClF3N3O3/c1-10(11-2-4-12(5-3-11)25(26)27)23-16-9-17(19)24-15-8-13(6-7-14(15)16)28-18(20,21)22/h2-10H,1H3,(H,23,24). The van der Waals surface area contributed by atoms with Crippen LogP contribution in [-0.2, 0) is 0 Å². The number of nitro groups is 1. The third-order valence-electron chi connectivity index (χ3n) is 3.96. The molecule has 28 heavy (non-hydrogen) atoms. The van der Waals surface area contributed by atoms with E-state index in [4.69, 9.17) is 11.6 Å². The van der Waals surface area contributed by atoms with E-state index in [2.05, 4.69) is 15.0 Å². The zero-order chi connectivity index (χ0) is 20.5. The minimum atomic E-state index is -4.81. The Balaban J connectivity index is 1.90. The number of aromatic nitrogens is 1. The first-order valence-electron chi connectivity index (χ1n) is 7.99. The molecule has 1 unspecified atom stereocenters. The van der Waals surface area contributed by atoms with Gasteiger partial charge in [0.25, 0.3) is 5.69 Å². The summed E-state index contributed by atoms with van der Waals surface area (Å²) in [5, 5.41) is 14.6. The molecule has 0 saturated carbocycles. The Morgan fingerprint density at radius 2 is 1.86 bits per heavy atom. The van der Waals surface area contributed by atoms with Gasteiger partial charge in [-0.25, -0.2) is 4.98 Å². The highest BCUT2D eigenvalue weighted by molar-refractivity contribution is 6.30. The summed E-state index contributed by atoms with van der Waals surface area (Å²) in [6.45, 7) is 1.84. The van der Waals surface area contributed by atoms with Gasteiger partial charge in [0.15, 0.2) is 0 Å².